The molecule has 0 bridgehead atoms. The van der Waals surface area contributed by atoms with Gasteiger partial charge in [0.1, 0.15) is 11.7 Å². The van der Waals surface area contributed by atoms with Gasteiger partial charge in [0.25, 0.3) is 0 Å². The third-order valence-corrected chi connectivity index (χ3v) is 5.42. The first kappa shape index (κ1) is 14.0. The Hall–Kier alpha value is -0.940. The van der Waals surface area contributed by atoms with Crippen molar-refractivity contribution in [2.45, 2.75) is 38.4 Å². The highest BCUT2D eigenvalue weighted by molar-refractivity contribution is 6.00. The largest absolute Gasteiger partial charge is 0.468 e. The predicted molar refractivity (Wildman–Crippen MR) is 69.8 cm³/mol. The van der Waals surface area contributed by atoms with E-state index in [2.05, 4.69) is 6.92 Å². The van der Waals surface area contributed by atoms with Gasteiger partial charge < -0.3 is 14.2 Å². The van der Waals surface area contributed by atoms with Crippen LogP contribution in [-0.4, -0.2) is 37.9 Å². The van der Waals surface area contributed by atoms with Gasteiger partial charge in [0.15, 0.2) is 5.79 Å². The maximum atomic E-state index is 12.5. The van der Waals surface area contributed by atoms with E-state index in [0.29, 0.717) is 19.6 Å². The summed E-state index contributed by atoms with van der Waals surface area (Å²) in [4.78, 5) is 24.2. The molecule has 2 saturated carbocycles. The van der Waals surface area contributed by atoms with Gasteiger partial charge in [-0.05, 0) is 25.2 Å². The molecule has 0 amide bonds. The number of hydrogen-bond donors (Lipinski definition) is 0. The minimum absolute atomic E-state index is 0.0405. The fourth-order valence-corrected chi connectivity index (χ4v) is 4.29. The Morgan fingerprint density at radius 1 is 1.25 bits per heavy atom. The highest BCUT2D eigenvalue weighted by Crippen LogP contribution is 2.50. The van der Waals surface area contributed by atoms with Crippen LogP contribution in [0.25, 0.3) is 0 Å². The third kappa shape index (κ3) is 1.99. The van der Waals surface area contributed by atoms with Crippen LogP contribution in [0, 0.1) is 23.7 Å². The molecule has 5 heteroatoms. The summed E-state index contributed by atoms with van der Waals surface area (Å²) in [7, 11) is 1.35. The van der Waals surface area contributed by atoms with Crippen molar-refractivity contribution in [1.82, 2.24) is 0 Å². The van der Waals surface area contributed by atoms with Crippen molar-refractivity contribution in [3.05, 3.63) is 0 Å². The Labute approximate surface area is 118 Å². The average Bonchev–Trinajstić information content (AvgIpc) is 2.93. The van der Waals surface area contributed by atoms with E-state index in [1.807, 2.05) is 0 Å². The molecular weight excluding hydrogens is 260 g/mol. The third-order valence-electron chi connectivity index (χ3n) is 5.42. The molecule has 0 aromatic rings. The van der Waals surface area contributed by atoms with Gasteiger partial charge in [0.2, 0.25) is 0 Å². The van der Waals surface area contributed by atoms with E-state index in [9.17, 15) is 9.59 Å². The van der Waals surface area contributed by atoms with Gasteiger partial charge in [0.05, 0.1) is 20.3 Å². The van der Waals surface area contributed by atoms with Crippen molar-refractivity contribution in [3.63, 3.8) is 0 Å². The Kier molecular flexibility index (Phi) is 3.58. The van der Waals surface area contributed by atoms with Crippen LogP contribution in [0.4, 0.5) is 0 Å². The summed E-state index contributed by atoms with van der Waals surface area (Å²) in [6.45, 7) is 3.40. The molecule has 2 aliphatic carbocycles. The molecule has 3 rings (SSSR count). The monoisotopic (exact) mass is 282 g/mol. The molecule has 0 radical (unpaired) electrons. The smallest absolute Gasteiger partial charge is 0.316 e. The lowest BCUT2D eigenvalue weighted by molar-refractivity contribution is -0.232. The lowest BCUT2D eigenvalue weighted by atomic mass is 9.61. The quantitative estimate of drug-likeness (QED) is 0.539. The molecule has 4 unspecified atom stereocenters. The van der Waals surface area contributed by atoms with Gasteiger partial charge in [-0.2, -0.15) is 0 Å². The van der Waals surface area contributed by atoms with Gasteiger partial charge in [-0.1, -0.05) is 6.92 Å². The zero-order valence-corrected chi connectivity index (χ0v) is 12.1. The van der Waals surface area contributed by atoms with Crippen LogP contribution in [0.3, 0.4) is 0 Å². The van der Waals surface area contributed by atoms with E-state index in [0.717, 1.165) is 19.3 Å². The lowest BCUT2D eigenvalue weighted by Crippen LogP contribution is -2.53. The molecule has 1 aliphatic heterocycles. The summed E-state index contributed by atoms with van der Waals surface area (Å²) in [5, 5.41) is 0. The van der Waals surface area contributed by atoms with Gasteiger partial charge in [-0.25, -0.2) is 0 Å². The second-order valence-corrected chi connectivity index (χ2v) is 6.16. The molecule has 0 aromatic heterocycles. The van der Waals surface area contributed by atoms with Crippen molar-refractivity contribution < 1.29 is 23.8 Å². The zero-order chi connectivity index (χ0) is 14.3. The van der Waals surface area contributed by atoms with Crippen LogP contribution in [0.2, 0.25) is 0 Å². The second-order valence-electron chi connectivity index (χ2n) is 6.16. The SMILES string of the molecule is COC(=O)C1CCC2C(CCC3(OCCO3)C2C)C1=O. The zero-order valence-electron chi connectivity index (χ0n) is 12.1. The molecular formula is C15H22O5. The fourth-order valence-electron chi connectivity index (χ4n) is 4.29. The highest BCUT2D eigenvalue weighted by Gasteiger charge is 2.55. The summed E-state index contributed by atoms with van der Waals surface area (Å²) in [6.07, 6.45) is 2.95. The molecule has 5 nitrogen and oxygen atoms in total. The van der Waals surface area contributed by atoms with Crippen LogP contribution < -0.4 is 0 Å². The van der Waals surface area contributed by atoms with E-state index in [1.54, 1.807) is 0 Å². The Balaban J connectivity index is 1.77. The Morgan fingerprint density at radius 2 is 1.95 bits per heavy atom. The molecule has 112 valence electrons. The summed E-state index contributed by atoms with van der Waals surface area (Å²) in [5.74, 6) is -0.946. The van der Waals surface area contributed by atoms with E-state index in [1.165, 1.54) is 7.11 Å². The molecule has 0 aromatic carbocycles. The number of rotatable bonds is 1. The van der Waals surface area contributed by atoms with Crippen molar-refractivity contribution in [2.75, 3.05) is 20.3 Å². The number of esters is 1. The standard InChI is InChI=1S/C15H22O5/c1-9-10-3-4-12(14(17)18-2)13(16)11(10)5-6-15(9)19-7-8-20-15/h9-12H,3-8H2,1-2H3. The number of Topliss-reactive ketones (excluding diaryl/α,β-unsaturated/α-hetero) is 1. The summed E-state index contributed by atoms with van der Waals surface area (Å²) in [6, 6.07) is 0. The van der Waals surface area contributed by atoms with E-state index < -0.39 is 11.7 Å². The summed E-state index contributed by atoms with van der Waals surface area (Å²) >= 11 is 0. The van der Waals surface area contributed by atoms with E-state index >= 15 is 0 Å². The lowest BCUT2D eigenvalue weighted by Gasteiger charge is -2.48. The molecule has 20 heavy (non-hydrogen) atoms. The van der Waals surface area contributed by atoms with Crippen LogP contribution in [0.1, 0.15) is 32.6 Å². The molecule has 3 aliphatic rings. The number of hydrogen-bond acceptors (Lipinski definition) is 5. The van der Waals surface area contributed by atoms with Gasteiger partial charge >= 0.3 is 5.97 Å². The minimum atomic E-state index is -0.562. The Morgan fingerprint density at radius 3 is 2.60 bits per heavy atom. The second kappa shape index (κ2) is 5.11. The van der Waals surface area contributed by atoms with Crippen LogP contribution in [0.5, 0.6) is 0 Å². The van der Waals surface area contributed by atoms with Gasteiger partial charge in [-0.15, -0.1) is 0 Å². The molecule has 3 fully saturated rings. The number of carbonyl (C=O) groups excluding carboxylic acids is 2. The summed E-state index contributed by atoms with van der Waals surface area (Å²) in [5.41, 5.74) is 0. The molecule has 1 saturated heterocycles. The maximum Gasteiger partial charge on any atom is 0.316 e. The van der Waals surface area contributed by atoms with E-state index in [4.69, 9.17) is 14.2 Å². The van der Waals surface area contributed by atoms with Gasteiger partial charge in [0, 0.05) is 18.3 Å². The Bertz CT molecular complexity index is 412. The van der Waals surface area contributed by atoms with E-state index in [-0.39, 0.29) is 29.5 Å². The summed E-state index contributed by atoms with van der Waals surface area (Å²) < 4.78 is 16.4. The highest BCUT2D eigenvalue weighted by atomic mass is 16.7. The predicted octanol–water partition coefficient (Wildman–Crippen LogP) is 1.54. The first-order valence-electron chi connectivity index (χ1n) is 7.48. The number of methoxy groups -OCH3 is 1. The number of carbonyl (C=O) groups is 2. The normalized spacial score (nSPS) is 39.6. The topological polar surface area (TPSA) is 61.8 Å². The first-order chi connectivity index (χ1) is 9.59. The average molecular weight is 282 g/mol. The van der Waals surface area contributed by atoms with Crippen molar-refractivity contribution in [1.29, 1.82) is 0 Å². The molecule has 1 spiro atoms. The number of ether oxygens (including phenoxy) is 3. The maximum absolute atomic E-state index is 12.5. The minimum Gasteiger partial charge on any atom is -0.468 e. The van der Waals surface area contributed by atoms with Crippen molar-refractivity contribution >= 4 is 11.8 Å². The molecule has 4 atom stereocenters. The van der Waals surface area contributed by atoms with Crippen molar-refractivity contribution in [2.24, 2.45) is 23.7 Å². The first-order valence-corrected chi connectivity index (χ1v) is 7.48. The number of fused-ring (bicyclic) bond motifs is 1. The molecule has 1 heterocycles. The van der Waals surface area contributed by atoms with Crippen molar-refractivity contribution in [3.8, 4) is 0 Å². The van der Waals surface area contributed by atoms with Crippen LogP contribution >= 0.6 is 0 Å². The molecule has 0 N–H and O–H groups in total. The number of ketones is 1. The fraction of sp³-hybridized carbons (Fsp3) is 0.867. The van der Waals surface area contributed by atoms with Crippen LogP contribution in [0.15, 0.2) is 0 Å². The van der Waals surface area contributed by atoms with Gasteiger partial charge in [-0.3, -0.25) is 9.59 Å². The van der Waals surface area contributed by atoms with Crippen LogP contribution in [-0.2, 0) is 23.8 Å².